The number of hydrogen-bond donors (Lipinski definition) is 2. The maximum Gasteiger partial charge on any atom is 0.243 e. The molecule has 1 aromatic carbocycles. The summed E-state index contributed by atoms with van der Waals surface area (Å²) in [5.74, 6) is 0.935. The molecule has 0 aromatic heterocycles. The van der Waals surface area contributed by atoms with Crippen LogP contribution < -0.4 is 10.6 Å². The summed E-state index contributed by atoms with van der Waals surface area (Å²) < 4.78 is 5.30. The van der Waals surface area contributed by atoms with E-state index < -0.39 is 0 Å². The summed E-state index contributed by atoms with van der Waals surface area (Å²) in [6, 6.07) is 7.78. The van der Waals surface area contributed by atoms with Crippen molar-refractivity contribution in [2.24, 2.45) is 0 Å². The summed E-state index contributed by atoms with van der Waals surface area (Å²) in [5, 5.41) is 6.71. The van der Waals surface area contributed by atoms with E-state index in [9.17, 15) is 4.79 Å². The van der Waals surface area contributed by atoms with Crippen molar-refractivity contribution in [2.75, 3.05) is 25.1 Å². The van der Waals surface area contributed by atoms with Crippen LogP contribution in [0.2, 0.25) is 0 Å². The number of benzene rings is 1. The first-order valence-electron chi connectivity index (χ1n) is 6.97. The molecule has 0 radical (unpaired) electrons. The van der Waals surface area contributed by atoms with Crippen molar-refractivity contribution in [3.63, 3.8) is 0 Å². The molecule has 110 valence electrons. The number of thioether (sulfide) groups is 1. The lowest BCUT2D eigenvalue weighted by Gasteiger charge is -2.23. The molecule has 20 heavy (non-hydrogen) atoms. The Morgan fingerprint density at radius 2 is 2.40 bits per heavy atom. The molecular weight excluding hydrogens is 272 g/mol. The van der Waals surface area contributed by atoms with E-state index in [0.29, 0.717) is 18.5 Å². The van der Waals surface area contributed by atoms with Gasteiger partial charge in [-0.1, -0.05) is 26.0 Å². The highest BCUT2D eigenvalue weighted by molar-refractivity contribution is 7.99. The Hall–Kier alpha value is -1.04. The molecule has 5 heteroatoms. The lowest BCUT2D eigenvalue weighted by atomic mass is 10.2. The van der Waals surface area contributed by atoms with Crippen LogP contribution in [0.15, 0.2) is 24.3 Å². The standard InChI is InChI=1S/C15H22N2O2S/c1-11(2)20-10-12-4-3-5-13(8-12)17-15(18)14-9-19-7-6-16-14/h3-5,8,11,14,16H,6-7,9-10H2,1-2H3,(H,17,18)/t14-/m0/s1. The largest absolute Gasteiger partial charge is 0.378 e. The highest BCUT2D eigenvalue weighted by Gasteiger charge is 2.21. The summed E-state index contributed by atoms with van der Waals surface area (Å²) in [4.78, 5) is 12.1. The number of hydrogen-bond acceptors (Lipinski definition) is 4. The Labute approximate surface area is 124 Å². The van der Waals surface area contributed by atoms with Gasteiger partial charge in [-0.15, -0.1) is 0 Å². The number of anilines is 1. The molecule has 0 bridgehead atoms. The van der Waals surface area contributed by atoms with Gasteiger partial charge in [0.25, 0.3) is 0 Å². The molecule has 1 heterocycles. The Bertz CT molecular complexity index is 445. The van der Waals surface area contributed by atoms with Gasteiger partial charge in [0.05, 0.1) is 13.2 Å². The van der Waals surface area contributed by atoms with Crippen LogP contribution in [0.4, 0.5) is 5.69 Å². The van der Waals surface area contributed by atoms with Crippen molar-refractivity contribution in [1.29, 1.82) is 0 Å². The highest BCUT2D eigenvalue weighted by Crippen LogP contribution is 2.19. The first-order chi connectivity index (χ1) is 9.65. The molecule has 1 aliphatic rings. The first-order valence-corrected chi connectivity index (χ1v) is 8.02. The third-order valence-corrected chi connectivity index (χ3v) is 4.18. The van der Waals surface area contributed by atoms with Crippen LogP contribution in [0, 0.1) is 0 Å². The minimum atomic E-state index is -0.252. The second-order valence-electron chi connectivity index (χ2n) is 5.13. The van der Waals surface area contributed by atoms with E-state index in [0.717, 1.165) is 18.0 Å². The molecule has 0 unspecified atom stereocenters. The van der Waals surface area contributed by atoms with Gasteiger partial charge in [-0.25, -0.2) is 0 Å². The fourth-order valence-electron chi connectivity index (χ4n) is 1.96. The number of ether oxygens (including phenoxy) is 1. The smallest absolute Gasteiger partial charge is 0.243 e. The minimum absolute atomic E-state index is 0.0293. The molecule has 1 atom stereocenters. The summed E-state index contributed by atoms with van der Waals surface area (Å²) in [6.07, 6.45) is 0. The lowest BCUT2D eigenvalue weighted by Crippen LogP contribution is -2.48. The zero-order valence-electron chi connectivity index (χ0n) is 12.0. The molecule has 0 saturated carbocycles. The van der Waals surface area contributed by atoms with Gasteiger partial charge >= 0.3 is 0 Å². The molecule has 2 N–H and O–H groups in total. The van der Waals surface area contributed by atoms with Crippen LogP contribution in [-0.4, -0.2) is 37.0 Å². The number of carbonyl (C=O) groups excluding carboxylic acids is 1. The van der Waals surface area contributed by atoms with Gasteiger partial charge in [0.15, 0.2) is 0 Å². The van der Waals surface area contributed by atoms with Crippen molar-refractivity contribution >= 4 is 23.4 Å². The number of carbonyl (C=O) groups is 1. The molecule has 1 saturated heterocycles. The van der Waals surface area contributed by atoms with E-state index in [4.69, 9.17) is 4.74 Å². The van der Waals surface area contributed by atoms with Gasteiger partial charge in [0.1, 0.15) is 6.04 Å². The minimum Gasteiger partial charge on any atom is -0.378 e. The Morgan fingerprint density at radius 1 is 1.55 bits per heavy atom. The lowest BCUT2D eigenvalue weighted by molar-refractivity contribution is -0.120. The molecule has 1 aromatic rings. The van der Waals surface area contributed by atoms with Crippen molar-refractivity contribution in [3.8, 4) is 0 Å². The second-order valence-corrected chi connectivity index (χ2v) is 6.70. The van der Waals surface area contributed by atoms with Gasteiger partial charge < -0.3 is 15.4 Å². The Balaban J connectivity index is 1.91. The third-order valence-electron chi connectivity index (χ3n) is 3.02. The number of nitrogens with one attached hydrogen (secondary N) is 2. The van der Waals surface area contributed by atoms with Crippen molar-refractivity contribution < 1.29 is 9.53 Å². The van der Waals surface area contributed by atoms with E-state index in [1.165, 1.54) is 5.56 Å². The van der Waals surface area contributed by atoms with Crippen LogP contribution in [0.1, 0.15) is 19.4 Å². The summed E-state index contributed by atoms with van der Waals surface area (Å²) in [6.45, 7) is 6.21. The predicted octanol–water partition coefficient (Wildman–Crippen LogP) is 2.26. The van der Waals surface area contributed by atoms with E-state index >= 15 is 0 Å². The maximum atomic E-state index is 12.1. The molecule has 0 aliphatic carbocycles. The molecule has 1 amide bonds. The van der Waals surface area contributed by atoms with Gasteiger partial charge in [0, 0.05) is 18.0 Å². The van der Waals surface area contributed by atoms with Crippen LogP contribution >= 0.6 is 11.8 Å². The number of amides is 1. The third kappa shape index (κ3) is 4.81. The van der Waals surface area contributed by atoms with E-state index in [-0.39, 0.29) is 11.9 Å². The SMILES string of the molecule is CC(C)SCc1cccc(NC(=O)[C@@H]2COCCN2)c1. The van der Waals surface area contributed by atoms with Crippen LogP contribution in [0.5, 0.6) is 0 Å². The fraction of sp³-hybridized carbons (Fsp3) is 0.533. The monoisotopic (exact) mass is 294 g/mol. The van der Waals surface area contributed by atoms with Gasteiger partial charge in [-0.05, 0) is 22.9 Å². The summed E-state index contributed by atoms with van der Waals surface area (Å²) in [7, 11) is 0. The molecule has 2 rings (SSSR count). The summed E-state index contributed by atoms with van der Waals surface area (Å²) >= 11 is 1.89. The quantitative estimate of drug-likeness (QED) is 0.874. The van der Waals surface area contributed by atoms with Crippen molar-refractivity contribution in [3.05, 3.63) is 29.8 Å². The topological polar surface area (TPSA) is 50.4 Å². The molecular formula is C15H22N2O2S. The van der Waals surface area contributed by atoms with Gasteiger partial charge in [-0.3, -0.25) is 4.79 Å². The predicted molar refractivity (Wildman–Crippen MR) is 84.1 cm³/mol. The molecule has 0 spiro atoms. The van der Waals surface area contributed by atoms with Gasteiger partial charge in [0.2, 0.25) is 5.91 Å². The zero-order chi connectivity index (χ0) is 14.4. The van der Waals surface area contributed by atoms with E-state index in [1.807, 2.05) is 30.0 Å². The number of rotatable bonds is 5. The average molecular weight is 294 g/mol. The number of morpholine rings is 1. The van der Waals surface area contributed by atoms with E-state index in [2.05, 4.69) is 30.5 Å². The molecule has 4 nitrogen and oxygen atoms in total. The second kappa shape index (κ2) is 7.67. The highest BCUT2D eigenvalue weighted by atomic mass is 32.2. The normalized spacial score (nSPS) is 19.1. The Morgan fingerprint density at radius 3 is 3.10 bits per heavy atom. The van der Waals surface area contributed by atoms with Crippen LogP contribution in [0.3, 0.4) is 0 Å². The maximum absolute atomic E-state index is 12.1. The Kier molecular flexibility index (Phi) is 5.88. The first kappa shape index (κ1) is 15.4. The summed E-state index contributed by atoms with van der Waals surface area (Å²) in [5.41, 5.74) is 2.08. The van der Waals surface area contributed by atoms with Crippen LogP contribution in [-0.2, 0) is 15.3 Å². The zero-order valence-corrected chi connectivity index (χ0v) is 12.8. The van der Waals surface area contributed by atoms with Crippen molar-refractivity contribution in [2.45, 2.75) is 30.9 Å². The van der Waals surface area contributed by atoms with Crippen LogP contribution in [0.25, 0.3) is 0 Å². The fourth-order valence-corrected chi connectivity index (χ4v) is 2.67. The van der Waals surface area contributed by atoms with E-state index in [1.54, 1.807) is 0 Å². The molecule has 1 aliphatic heterocycles. The average Bonchev–Trinajstić information content (AvgIpc) is 2.46. The molecule has 1 fully saturated rings. The van der Waals surface area contributed by atoms with Crippen molar-refractivity contribution in [1.82, 2.24) is 5.32 Å². The van der Waals surface area contributed by atoms with Gasteiger partial charge in [-0.2, -0.15) is 11.8 Å².